The molecule has 1 aromatic heterocycles. The Balaban J connectivity index is 1.67. The molecule has 1 aliphatic heterocycles. The number of nitriles is 2. The fourth-order valence-corrected chi connectivity index (χ4v) is 2.93. The molecule has 1 atom stereocenters. The van der Waals surface area contributed by atoms with Crippen molar-refractivity contribution in [1.82, 2.24) is 14.5 Å². The van der Waals surface area contributed by atoms with Crippen LogP contribution in [0.1, 0.15) is 28.2 Å². The molecule has 2 aromatic rings. The van der Waals surface area contributed by atoms with Crippen molar-refractivity contribution in [3.05, 3.63) is 53.6 Å². The largest absolute Gasteiger partial charge is 0.338 e. The Morgan fingerprint density at radius 3 is 2.74 bits per heavy atom. The fourth-order valence-electron chi connectivity index (χ4n) is 2.93. The number of aromatic nitrogens is 2. The number of hydrogen-bond donors (Lipinski definition) is 0. The van der Waals surface area contributed by atoms with Gasteiger partial charge in [0.25, 0.3) is 5.91 Å². The topological polar surface area (TPSA) is 85.7 Å². The second kappa shape index (κ2) is 6.33. The maximum absolute atomic E-state index is 12.4. The number of amides is 1. The lowest BCUT2D eigenvalue weighted by Crippen LogP contribution is -2.29. The van der Waals surface area contributed by atoms with Gasteiger partial charge in [-0.25, -0.2) is 4.98 Å². The average Bonchev–Trinajstić information content (AvgIpc) is 3.21. The van der Waals surface area contributed by atoms with Gasteiger partial charge in [0.2, 0.25) is 0 Å². The third kappa shape index (κ3) is 2.93. The summed E-state index contributed by atoms with van der Waals surface area (Å²) < 4.78 is 1.71. The van der Waals surface area contributed by atoms with E-state index in [9.17, 15) is 4.79 Å². The Morgan fingerprint density at radius 2 is 2.04 bits per heavy atom. The van der Waals surface area contributed by atoms with Crippen LogP contribution in [0.3, 0.4) is 0 Å². The zero-order valence-electron chi connectivity index (χ0n) is 12.5. The summed E-state index contributed by atoms with van der Waals surface area (Å²) in [6.07, 6.45) is 2.41. The standard InChI is InChI=1S/C17H15N5O/c18-8-15-16(9-19)22(12-20-15)11-13-6-7-21(10-13)17(23)14-4-2-1-3-5-14/h1-5,12-13H,6-7,10-11H2. The lowest BCUT2D eigenvalue weighted by molar-refractivity contribution is 0.0786. The summed E-state index contributed by atoms with van der Waals surface area (Å²) >= 11 is 0. The van der Waals surface area contributed by atoms with Crippen LogP contribution in [0, 0.1) is 28.6 Å². The van der Waals surface area contributed by atoms with Crippen LogP contribution in [0.5, 0.6) is 0 Å². The van der Waals surface area contributed by atoms with E-state index >= 15 is 0 Å². The first-order chi connectivity index (χ1) is 11.2. The van der Waals surface area contributed by atoms with Crippen molar-refractivity contribution in [2.75, 3.05) is 13.1 Å². The molecular formula is C17H15N5O. The highest BCUT2D eigenvalue weighted by molar-refractivity contribution is 5.94. The molecule has 3 rings (SSSR count). The van der Waals surface area contributed by atoms with Crippen LogP contribution in [0.15, 0.2) is 36.7 Å². The predicted octanol–water partition coefficient (Wildman–Crippen LogP) is 1.79. The first-order valence-electron chi connectivity index (χ1n) is 7.42. The van der Waals surface area contributed by atoms with Crippen molar-refractivity contribution in [1.29, 1.82) is 10.5 Å². The lowest BCUT2D eigenvalue weighted by Gasteiger charge is -2.17. The smallest absolute Gasteiger partial charge is 0.253 e. The van der Waals surface area contributed by atoms with E-state index in [2.05, 4.69) is 4.98 Å². The van der Waals surface area contributed by atoms with E-state index in [-0.39, 0.29) is 17.5 Å². The molecule has 6 nitrogen and oxygen atoms in total. The molecule has 0 bridgehead atoms. The molecule has 1 aliphatic rings. The molecule has 0 aliphatic carbocycles. The first-order valence-corrected chi connectivity index (χ1v) is 7.42. The van der Waals surface area contributed by atoms with E-state index in [1.165, 1.54) is 6.33 Å². The van der Waals surface area contributed by atoms with E-state index in [1.807, 2.05) is 47.4 Å². The minimum atomic E-state index is 0.0388. The van der Waals surface area contributed by atoms with E-state index < -0.39 is 0 Å². The van der Waals surface area contributed by atoms with Crippen molar-refractivity contribution in [3.63, 3.8) is 0 Å². The van der Waals surface area contributed by atoms with Crippen LogP contribution < -0.4 is 0 Å². The first kappa shape index (κ1) is 14.8. The molecule has 1 saturated heterocycles. The molecule has 1 amide bonds. The summed E-state index contributed by atoms with van der Waals surface area (Å²) in [4.78, 5) is 18.2. The molecule has 2 heterocycles. The van der Waals surface area contributed by atoms with E-state index in [0.717, 1.165) is 6.42 Å². The molecule has 0 N–H and O–H groups in total. The Morgan fingerprint density at radius 1 is 1.26 bits per heavy atom. The Kier molecular flexibility index (Phi) is 4.07. The van der Waals surface area contributed by atoms with Crippen molar-refractivity contribution in [3.8, 4) is 12.1 Å². The minimum absolute atomic E-state index is 0.0388. The summed E-state index contributed by atoms with van der Waals surface area (Å²) in [7, 11) is 0. The van der Waals surface area contributed by atoms with E-state index in [1.54, 1.807) is 4.57 Å². The number of benzene rings is 1. The zero-order valence-corrected chi connectivity index (χ0v) is 12.5. The minimum Gasteiger partial charge on any atom is -0.338 e. The summed E-state index contributed by atoms with van der Waals surface area (Å²) in [6, 6.07) is 13.2. The van der Waals surface area contributed by atoms with Gasteiger partial charge in [-0.1, -0.05) is 18.2 Å². The predicted molar refractivity (Wildman–Crippen MR) is 82.1 cm³/mol. The SMILES string of the molecule is N#Cc1ncn(CC2CCN(C(=O)c3ccccc3)C2)c1C#N. The van der Waals surface area contributed by atoms with E-state index in [0.29, 0.717) is 30.9 Å². The lowest BCUT2D eigenvalue weighted by atomic mass is 10.1. The third-order valence-electron chi connectivity index (χ3n) is 4.10. The normalized spacial score (nSPS) is 16.8. The highest BCUT2D eigenvalue weighted by atomic mass is 16.2. The van der Waals surface area contributed by atoms with Crippen molar-refractivity contribution < 1.29 is 4.79 Å². The van der Waals surface area contributed by atoms with Crippen LogP contribution >= 0.6 is 0 Å². The van der Waals surface area contributed by atoms with Crippen molar-refractivity contribution in [2.45, 2.75) is 13.0 Å². The van der Waals surface area contributed by atoms with Gasteiger partial charge >= 0.3 is 0 Å². The van der Waals surface area contributed by atoms with Crippen molar-refractivity contribution >= 4 is 5.91 Å². The summed E-state index contributed by atoms with van der Waals surface area (Å²) in [5.74, 6) is 0.299. The fraction of sp³-hybridized carbons (Fsp3) is 0.294. The van der Waals surface area contributed by atoms with Gasteiger partial charge < -0.3 is 9.47 Å². The zero-order chi connectivity index (χ0) is 16.2. The number of hydrogen-bond acceptors (Lipinski definition) is 4. The third-order valence-corrected chi connectivity index (χ3v) is 4.10. The highest BCUT2D eigenvalue weighted by Gasteiger charge is 2.27. The number of carbonyl (C=O) groups excluding carboxylic acids is 1. The maximum Gasteiger partial charge on any atom is 0.253 e. The Hall–Kier alpha value is -3.12. The van der Waals surface area contributed by atoms with Crippen LogP contribution in [-0.2, 0) is 6.54 Å². The van der Waals surface area contributed by atoms with Gasteiger partial charge in [0.05, 0.1) is 6.33 Å². The van der Waals surface area contributed by atoms with Crippen LogP contribution in [0.25, 0.3) is 0 Å². The molecule has 6 heteroatoms. The van der Waals surface area contributed by atoms with Gasteiger partial charge in [-0.2, -0.15) is 10.5 Å². The average molecular weight is 305 g/mol. The molecule has 23 heavy (non-hydrogen) atoms. The molecule has 0 spiro atoms. The van der Waals surface area contributed by atoms with Gasteiger partial charge in [-0.05, 0) is 24.5 Å². The summed E-state index contributed by atoms with van der Waals surface area (Å²) in [5, 5.41) is 18.1. The molecule has 1 aromatic carbocycles. The van der Waals surface area contributed by atoms with Crippen LogP contribution in [0.4, 0.5) is 0 Å². The summed E-state index contributed by atoms with van der Waals surface area (Å²) in [5.41, 5.74) is 1.14. The second-order valence-electron chi connectivity index (χ2n) is 5.59. The van der Waals surface area contributed by atoms with Gasteiger partial charge in [-0.3, -0.25) is 4.79 Å². The molecule has 0 radical (unpaired) electrons. The van der Waals surface area contributed by atoms with Gasteiger partial charge in [0.15, 0.2) is 11.4 Å². The number of carbonyl (C=O) groups is 1. The molecule has 114 valence electrons. The van der Waals surface area contributed by atoms with E-state index in [4.69, 9.17) is 10.5 Å². The number of imidazole rings is 1. The molecule has 1 fully saturated rings. The monoisotopic (exact) mass is 305 g/mol. The summed E-state index contributed by atoms with van der Waals surface area (Å²) in [6.45, 7) is 1.95. The van der Waals surface area contributed by atoms with Gasteiger partial charge in [-0.15, -0.1) is 0 Å². The highest BCUT2D eigenvalue weighted by Crippen LogP contribution is 2.21. The Bertz CT molecular complexity index is 797. The maximum atomic E-state index is 12.4. The quantitative estimate of drug-likeness (QED) is 0.865. The molecule has 0 saturated carbocycles. The van der Waals surface area contributed by atoms with Gasteiger partial charge in [0, 0.05) is 25.2 Å². The molecule has 1 unspecified atom stereocenters. The van der Waals surface area contributed by atoms with Crippen molar-refractivity contribution in [2.24, 2.45) is 5.92 Å². The number of rotatable bonds is 3. The van der Waals surface area contributed by atoms with Crippen LogP contribution in [0.2, 0.25) is 0 Å². The Labute approximate surface area is 134 Å². The second-order valence-corrected chi connectivity index (χ2v) is 5.59. The van der Waals surface area contributed by atoms with Gasteiger partial charge in [0.1, 0.15) is 12.1 Å². The van der Waals surface area contributed by atoms with Crippen LogP contribution in [-0.4, -0.2) is 33.4 Å². The number of likely N-dealkylation sites (tertiary alicyclic amines) is 1. The molecular weight excluding hydrogens is 290 g/mol. The number of nitrogens with zero attached hydrogens (tertiary/aromatic N) is 5.